The summed E-state index contributed by atoms with van der Waals surface area (Å²) >= 11 is 0. The fourth-order valence-electron chi connectivity index (χ4n) is 1.09. The predicted molar refractivity (Wildman–Crippen MR) is 120 cm³/mol. The third-order valence-corrected chi connectivity index (χ3v) is 2.66. The van der Waals surface area contributed by atoms with Gasteiger partial charge in [0, 0.05) is 0 Å². The van der Waals surface area contributed by atoms with E-state index in [1.165, 1.54) is 22.3 Å². The van der Waals surface area contributed by atoms with Crippen molar-refractivity contribution in [2.75, 3.05) is 0 Å². The van der Waals surface area contributed by atoms with Gasteiger partial charge in [0.05, 0.1) is 0 Å². The minimum atomic E-state index is 0. The maximum atomic E-state index is 3.67. The summed E-state index contributed by atoms with van der Waals surface area (Å²) in [6, 6.07) is 0. The van der Waals surface area contributed by atoms with Gasteiger partial charge in [0.2, 0.25) is 0 Å². The van der Waals surface area contributed by atoms with E-state index < -0.39 is 0 Å². The van der Waals surface area contributed by atoms with Gasteiger partial charge in [-0.2, -0.15) is 0 Å². The number of hydrogen-bond acceptors (Lipinski definition) is 0. The van der Waals surface area contributed by atoms with E-state index >= 15 is 0 Å². The molecule has 0 saturated carbocycles. The largest absolute Gasteiger partial charge is 0.125 e. The first-order valence-corrected chi connectivity index (χ1v) is 8.92. The van der Waals surface area contributed by atoms with Crippen molar-refractivity contribution >= 4 is 0 Å². The zero-order valence-corrected chi connectivity index (χ0v) is 17.8. The maximum absolute atomic E-state index is 3.67. The molecule has 0 N–H and O–H groups in total. The monoisotopic (exact) mass is 334 g/mol. The standard InChI is InChI=1S/C14H20.C5H10.2C2H6.CH4/c1-6-9-10-12(4)11-14(8-3)13(5)7-2;1-4-5(2)3;2*1-2;/h6-8,10-11H,1-5H3;2,4H2,1,3H3;2*1-2H3;1H4/b12-11-,13-7-,14-8-;;;;. The van der Waals surface area contributed by atoms with Crippen molar-refractivity contribution in [1.29, 1.82) is 0 Å². The topological polar surface area (TPSA) is 0 Å². The van der Waals surface area contributed by atoms with Crippen LogP contribution in [0, 0.1) is 0 Å². The van der Waals surface area contributed by atoms with Crippen LogP contribution in [0.1, 0.15) is 90.0 Å². The van der Waals surface area contributed by atoms with Gasteiger partial charge < -0.3 is 0 Å². The molecule has 142 valence electrons. The Morgan fingerprint density at radius 1 is 0.917 bits per heavy atom. The molecule has 0 spiro atoms. The lowest BCUT2D eigenvalue weighted by molar-refractivity contribution is 1.11. The summed E-state index contributed by atoms with van der Waals surface area (Å²) < 4.78 is 0. The van der Waals surface area contributed by atoms with Gasteiger partial charge in [-0.25, -0.2) is 0 Å². The number of hydrogen-bond donors (Lipinski definition) is 0. The Balaban J connectivity index is -0.000000101. The van der Waals surface area contributed by atoms with Gasteiger partial charge in [-0.15, -0.1) is 12.3 Å². The molecule has 0 nitrogen and oxygen atoms in total. The van der Waals surface area contributed by atoms with Gasteiger partial charge in [-0.1, -0.05) is 65.8 Å². The summed E-state index contributed by atoms with van der Waals surface area (Å²) in [6.07, 6.45) is 11.4. The summed E-state index contributed by atoms with van der Waals surface area (Å²) in [6.45, 7) is 26.1. The lowest BCUT2D eigenvalue weighted by Crippen LogP contribution is -1.81. The molecule has 0 aliphatic rings. The normalized spacial score (nSPS) is 10.0. The molecule has 0 amide bonds. The Hall–Kier alpha value is -1.52. The Morgan fingerprint density at radius 3 is 1.58 bits per heavy atom. The van der Waals surface area contributed by atoms with Gasteiger partial charge in [0.1, 0.15) is 0 Å². The Bertz CT molecular complexity index is 405. The Morgan fingerprint density at radius 2 is 1.33 bits per heavy atom. The smallest absolute Gasteiger partial charge is 0.0174 e. The van der Waals surface area contributed by atoms with Gasteiger partial charge in [-0.05, 0) is 76.8 Å². The third-order valence-electron chi connectivity index (χ3n) is 2.66. The first-order chi connectivity index (χ1) is 10.9. The van der Waals surface area contributed by atoms with E-state index in [1.807, 2.05) is 53.7 Å². The predicted octanol–water partition coefficient (Wildman–Crippen LogP) is 9.24. The molecule has 24 heavy (non-hydrogen) atoms. The molecule has 0 aromatic heterocycles. The van der Waals surface area contributed by atoms with Crippen LogP contribution >= 0.6 is 0 Å². The molecule has 0 heterocycles. The van der Waals surface area contributed by atoms with E-state index in [9.17, 15) is 0 Å². The average Bonchev–Trinajstić information content (AvgIpc) is 2.60. The molecular weight excluding hydrogens is 288 g/mol. The number of allylic oxidation sites excluding steroid dienone is 8. The minimum Gasteiger partial charge on any atom is -0.125 e. The number of rotatable bonds is 4. The molecule has 0 aromatic rings. The lowest BCUT2D eigenvalue weighted by Gasteiger charge is -2.01. The highest BCUT2D eigenvalue weighted by atomic mass is 14.0. The summed E-state index contributed by atoms with van der Waals surface area (Å²) in [5.41, 5.74) is 8.13. The van der Waals surface area contributed by atoms with Gasteiger partial charge in [0.25, 0.3) is 0 Å². The fraction of sp³-hybridized carbons (Fsp3) is 0.542. The van der Waals surface area contributed by atoms with E-state index in [2.05, 4.69) is 65.2 Å². The van der Waals surface area contributed by atoms with Crippen LogP contribution in [0.15, 0.2) is 65.0 Å². The van der Waals surface area contributed by atoms with Crippen LogP contribution in [0.4, 0.5) is 0 Å². The highest BCUT2D eigenvalue weighted by Gasteiger charge is 1.93. The van der Waals surface area contributed by atoms with E-state index in [4.69, 9.17) is 0 Å². The lowest BCUT2D eigenvalue weighted by atomic mass is 10.0. The van der Waals surface area contributed by atoms with Crippen molar-refractivity contribution in [3.63, 3.8) is 0 Å². The Labute approximate surface area is 155 Å². The van der Waals surface area contributed by atoms with Gasteiger partial charge in [-0.3, -0.25) is 0 Å². The van der Waals surface area contributed by atoms with Crippen LogP contribution in [0.5, 0.6) is 0 Å². The van der Waals surface area contributed by atoms with Crippen LogP contribution in [0.2, 0.25) is 0 Å². The van der Waals surface area contributed by atoms with Gasteiger partial charge >= 0.3 is 0 Å². The van der Waals surface area contributed by atoms with Crippen LogP contribution in [-0.2, 0) is 0 Å². The third kappa shape index (κ3) is 28.6. The quantitative estimate of drug-likeness (QED) is 0.273. The molecule has 0 bridgehead atoms. The molecule has 0 aliphatic heterocycles. The first kappa shape index (κ1) is 33.9. The highest BCUT2D eigenvalue weighted by molar-refractivity contribution is 5.41. The second kappa shape index (κ2) is 29.5. The zero-order chi connectivity index (χ0) is 19.3. The van der Waals surface area contributed by atoms with Crippen molar-refractivity contribution in [3.05, 3.63) is 65.0 Å². The Kier molecular flexibility index (Phi) is 41.7. The maximum Gasteiger partial charge on any atom is -0.0174 e. The summed E-state index contributed by atoms with van der Waals surface area (Å²) in [4.78, 5) is 0. The van der Waals surface area contributed by atoms with Gasteiger partial charge in [0.15, 0.2) is 0 Å². The summed E-state index contributed by atoms with van der Waals surface area (Å²) in [7, 11) is 0. The first-order valence-electron chi connectivity index (χ1n) is 8.92. The second-order valence-corrected chi connectivity index (χ2v) is 4.51. The van der Waals surface area contributed by atoms with Crippen LogP contribution in [0.3, 0.4) is 0 Å². The summed E-state index contributed by atoms with van der Waals surface area (Å²) in [5, 5.41) is 0. The van der Waals surface area contributed by atoms with Crippen molar-refractivity contribution in [3.8, 4) is 0 Å². The van der Waals surface area contributed by atoms with E-state index in [-0.39, 0.29) is 7.43 Å². The molecule has 0 fully saturated rings. The van der Waals surface area contributed by atoms with Crippen LogP contribution < -0.4 is 0 Å². The van der Waals surface area contributed by atoms with E-state index in [1.54, 1.807) is 0 Å². The van der Waals surface area contributed by atoms with Crippen molar-refractivity contribution < 1.29 is 0 Å². The van der Waals surface area contributed by atoms with E-state index in [0.29, 0.717) is 0 Å². The molecule has 0 saturated heterocycles. The molecule has 0 unspecified atom stereocenters. The fourth-order valence-corrected chi connectivity index (χ4v) is 1.09. The molecule has 0 radical (unpaired) electrons. The molecule has 0 atom stereocenters. The highest BCUT2D eigenvalue weighted by Crippen LogP contribution is 2.13. The molecule has 0 aromatic carbocycles. The zero-order valence-electron chi connectivity index (χ0n) is 17.8. The average molecular weight is 335 g/mol. The molecular formula is C24H46. The molecule has 0 aliphatic carbocycles. The minimum absolute atomic E-state index is 0. The van der Waals surface area contributed by atoms with Crippen LogP contribution in [-0.4, -0.2) is 0 Å². The van der Waals surface area contributed by atoms with E-state index in [0.717, 1.165) is 6.42 Å². The SMILES string of the molecule is C.C=C(C)CC.CC.CC.CC=C=C\C(C)=C/C(=C/C)C(/C)=C\C. The van der Waals surface area contributed by atoms with Crippen molar-refractivity contribution in [1.82, 2.24) is 0 Å². The summed E-state index contributed by atoms with van der Waals surface area (Å²) in [5.74, 6) is 0. The molecule has 0 heteroatoms. The second-order valence-electron chi connectivity index (χ2n) is 4.51. The molecule has 0 rings (SSSR count). The van der Waals surface area contributed by atoms with Crippen LogP contribution in [0.25, 0.3) is 0 Å². The van der Waals surface area contributed by atoms with Crippen molar-refractivity contribution in [2.24, 2.45) is 0 Å². The van der Waals surface area contributed by atoms with Crippen molar-refractivity contribution in [2.45, 2.75) is 90.0 Å².